The number of hydrogen-bond acceptors (Lipinski definition) is 0. The fourth-order valence-corrected chi connectivity index (χ4v) is 1.96. The molecule has 0 aromatic carbocycles. The summed E-state index contributed by atoms with van der Waals surface area (Å²) in [5.74, 6) is 0.997. The van der Waals surface area contributed by atoms with Crippen LogP contribution in [0.25, 0.3) is 0 Å². The number of hydrogen-bond donors (Lipinski definition) is 0. The molecule has 1 atom stereocenters. The first-order valence-electron chi connectivity index (χ1n) is 5.37. The third-order valence-electron chi connectivity index (χ3n) is 2.75. The van der Waals surface area contributed by atoms with E-state index in [0.29, 0.717) is 0 Å². The molecule has 1 unspecified atom stereocenters. The van der Waals surface area contributed by atoms with Crippen LogP contribution in [0.1, 0.15) is 51.4 Å². The van der Waals surface area contributed by atoms with E-state index in [9.17, 15) is 0 Å². The molecule has 0 fully saturated rings. The third-order valence-corrected chi connectivity index (χ3v) is 2.75. The molecule has 1 aliphatic rings. The van der Waals surface area contributed by atoms with Crippen molar-refractivity contribution in [1.82, 2.24) is 0 Å². The van der Waals surface area contributed by atoms with Crippen LogP contribution in [0.5, 0.6) is 0 Å². The van der Waals surface area contributed by atoms with Crippen LogP contribution in [0.4, 0.5) is 0 Å². The Balaban J connectivity index is 2.18. The highest BCUT2D eigenvalue weighted by atomic mass is 14.1. The minimum atomic E-state index is 0.997. The van der Waals surface area contributed by atoms with Gasteiger partial charge in [0.2, 0.25) is 0 Å². The molecule has 0 spiro atoms. The van der Waals surface area contributed by atoms with Crippen molar-refractivity contribution < 1.29 is 0 Å². The lowest BCUT2D eigenvalue weighted by atomic mass is 9.90. The largest absolute Gasteiger partial charge is 0.0885 e. The molecule has 0 heteroatoms. The fourth-order valence-electron chi connectivity index (χ4n) is 1.96. The van der Waals surface area contributed by atoms with Crippen molar-refractivity contribution >= 4 is 0 Å². The first kappa shape index (κ1) is 9.83. The minimum absolute atomic E-state index is 0.997. The van der Waals surface area contributed by atoms with E-state index in [1.807, 2.05) is 0 Å². The molecule has 0 saturated heterocycles. The Morgan fingerprint density at radius 1 is 1.17 bits per heavy atom. The van der Waals surface area contributed by atoms with E-state index < -0.39 is 0 Å². The monoisotopic (exact) mass is 165 g/mol. The summed E-state index contributed by atoms with van der Waals surface area (Å²) in [6.45, 7) is 3.90. The van der Waals surface area contributed by atoms with Gasteiger partial charge in [0.1, 0.15) is 0 Å². The average Bonchev–Trinajstić information content (AvgIpc) is 2.02. The summed E-state index contributed by atoms with van der Waals surface area (Å²) < 4.78 is 0. The molecule has 0 aromatic rings. The van der Waals surface area contributed by atoms with Crippen molar-refractivity contribution in [3.63, 3.8) is 0 Å². The Kier molecular flexibility index (Phi) is 5.14. The van der Waals surface area contributed by atoms with Crippen LogP contribution in [-0.2, 0) is 0 Å². The second-order valence-corrected chi connectivity index (χ2v) is 3.84. The molecule has 1 aliphatic carbocycles. The highest BCUT2D eigenvalue weighted by Crippen LogP contribution is 2.23. The normalized spacial score (nSPS) is 24.9. The summed E-state index contributed by atoms with van der Waals surface area (Å²) in [5.41, 5.74) is 0. The summed E-state index contributed by atoms with van der Waals surface area (Å²) >= 11 is 0. The van der Waals surface area contributed by atoms with Crippen LogP contribution in [0.2, 0.25) is 0 Å². The summed E-state index contributed by atoms with van der Waals surface area (Å²) in [5, 5.41) is 0. The second kappa shape index (κ2) is 6.28. The Morgan fingerprint density at radius 3 is 2.83 bits per heavy atom. The van der Waals surface area contributed by atoms with Crippen LogP contribution >= 0.6 is 0 Å². The number of unbranched alkanes of at least 4 members (excludes halogenated alkanes) is 1. The maximum atomic E-state index is 3.90. The molecular weight excluding hydrogens is 144 g/mol. The Morgan fingerprint density at radius 2 is 2.00 bits per heavy atom. The van der Waals surface area contributed by atoms with Crippen molar-refractivity contribution in [2.45, 2.75) is 51.4 Å². The molecule has 1 radical (unpaired) electrons. The molecule has 0 nitrogen and oxygen atoms in total. The lowest BCUT2D eigenvalue weighted by Crippen LogP contribution is -2.01. The number of rotatable bonds is 3. The zero-order valence-electron chi connectivity index (χ0n) is 8.10. The molecule has 0 N–H and O–H groups in total. The van der Waals surface area contributed by atoms with E-state index in [-0.39, 0.29) is 0 Å². The minimum Gasteiger partial charge on any atom is -0.0885 e. The van der Waals surface area contributed by atoms with E-state index >= 15 is 0 Å². The summed E-state index contributed by atoms with van der Waals surface area (Å²) in [6, 6.07) is 0. The second-order valence-electron chi connectivity index (χ2n) is 3.84. The topological polar surface area (TPSA) is 0 Å². The molecular formula is C12H21. The molecule has 12 heavy (non-hydrogen) atoms. The van der Waals surface area contributed by atoms with Crippen LogP contribution in [0.3, 0.4) is 0 Å². The van der Waals surface area contributed by atoms with E-state index in [1.165, 1.54) is 44.9 Å². The average molecular weight is 165 g/mol. The zero-order valence-corrected chi connectivity index (χ0v) is 8.10. The quantitative estimate of drug-likeness (QED) is 0.552. The first-order chi connectivity index (χ1) is 5.93. The standard InChI is InChI=1S/C12H21/c1-2-3-9-12-10-7-5-4-6-8-11-12/h4-5,12H,1-3,6-11H2. The third kappa shape index (κ3) is 3.94. The molecule has 0 aromatic heterocycles. The van der Waals surface area contributed by atoms with Crippen molar-refractivity contribution in [2.24, 2.45) is 5.92 Å². The summed E-state index contributed by atoms with van der Waals surface area (Å²) in [4.78, 5) is 0. The van der Waals surface area contributed by atoms with Crippen molar-refractivity contribution in [3.05, 3.63) is 19.1 Å². The molecule has 0 heterocycles. The van der Waals surface area contributed by atoms with E-state index in [0.717, 1.165) is 12.3 Å². The van der Waals surface area contributed by atoms with Crippen molar-refractivity contribution in [2.75, 3.05) is 0 Å². The Hall–Kier alpha value is -0.260. The highest BCUT2D eigenvalue weighted by Gasteiger charge is 2.07. The van der Waals surface area contributed by atoms with Gasteiger partial charge >= 0.3 is 0 Å². The van der Waals surface area contributed by atoms with Crippen LogP contribution in [-0.4, -0.2) is 0 Å². The highest BCUT2D eigenvalue weighted by molar-refractivity contribution is 4.84. The summed E-state index contributed by atoms with van der Waals surface area (Å²) in [6.07, 6.45) is 15.4. The maximum absolute atomic E-state index is 3.90. The van der Waals surface area contributed by atoms with Crippen molar-refractivity contribution in [1.29, 1.82) is 0 Å². The Labute approximate surface area is 77.1 Å². The van der Waals surface area contributed by atoms with Gasteiger partial charge in [-0.15, -0.1) is 0 Å². The van der Waals surface area contributed by atoms with Gasteiger partial charge < -0.3 is 0 Å². The predicted molar refractivity (Wildman–Crippen MR) is 54.9 cm³/mol. The van der Waals surface area contributed by atoms with Gasteiger partial charge in [0.25, 0.3) is 0 Å². The van der Waals surface area contributed by atoms with E-state index in [1.54, 1.807) is 0 Å². The van der Waals surface area contributed by atoms with Crippen LogP contribution in [0.15, 0.2) is 12.2 Å². The van der Waals surface area contributed by atoms with Gasteiger partial charge in [-0.25, -0.2) is 0 Å². The van der Waals surface area contributed by atoms with E-state index in [2.05, 4.69) is 19.1 Å². The predicted octanol–water partition coefficient (Wildman–Crippen LogP) is 4.13. The van der Waals surface area contributed by atoms with Crippen LogP contribution in [0, 0.1) is 12.8 Å². The van der Waals surface area contributed by atoms with E-state index in [4.69, 9.17) is 0 Å². The van der Waals surface area contributed by atoms with Gasteiger partial charge in [-0.2, -0.15) is 0 Å². The SMILES string of the molecule is [CH2]CCCC1CCC=CCCC1. The molecule has 0 aliphatic heterocycles. The molecule has 69 valence electrons. The van der Waals surface area contributed by atoms with Gasteiger partial charge in [0.05, 0.1) is 0 Å². The maximum Gasteiger partial charge on any atom is -0.0348 e. The van der Waals surface area contributed by atoms with Gasteiger partial charge in [0, 0.05) is 0 Å². The molecule has 0 bridgehead atoms. The fraction of sp³-hybridized carbons (Fsp3) is 0.750. The molecule has 0 amide bonds. The lowest BCUT2D eigenvalue weighted by molar-refractivity contribution is 0.397. The van der Waals surface area contributed by atoms with Gasteiger partial charge in [0.15, 0.2) is 0 Å². The number of allylic oxidation sites excluding steroid dienone is 2. The van der Waals surface area contributed by atoms with Gasteiger partial charge in [-0.1, -0.05) is 44.8 Å². The van der Waals surface area contributed by atoms with Gasteiger partial charge in [-0.3, -0.25) is 0 Å². The zero-order chi connectivity index (χ0) is 8.65. The smallest absolute Gasteiger partial charge is 0.0348 e. The van der Waals surface area contributed by atoms with Crippen molar-refractivity contribution in [3.8, 4) is 0 Å². The molecule has 0 saturated carbocycles. The van der Waals surface area contributed by atoms with Crippen LogP contribution < -0.4 is 0 Å². The summed E-state index contributed by atoms with van der Waals surface area (Å²) in [7, 11) is 0. The molecule has 1 rings (SSSR count). The van der Waals surface area contributed by atoms with Gasteiger partial charge in [-0.05, 0) is 31.6 Å². The first-order valence-corrected chi connectivity index (χ1v) is 5.37. The lowest BCUT2D eigenvalue weighted by Gasteiger charge is -2.16. The Bertz CT molecular complexity index is 124.